The summed E-state index contributed by atoms with van der Waals surface area (Å²) in [7, 11) is 0. The van der Waals surface area contributed by atoms with Crippen LogP contribution in [0.3, 0.4) is 0 Å². The van der Waals surface area contributed by atoms with E-state index in [1.165, 1.54) is 0 Å². The van der Waals surface area contributed by atoms with Crippen molar-refractivity contribution in [1.82, 2.24) is 9.97 Å². The van der Waals surface area contributed by atoms with Gasteiger partial charge in [0.05, 0.1) is 25.9 Å². The zero-order valence-electron chi connectivity index (χ0n) is 9.47. The van der Waals surface area contributed by atoms with Crippen LogP contribution < -0.4 is 10.1 Å². The van der Waals surface area contributed by atoms with Gasteiger partial charge in [-0.2, -0.15) is 4.98 Å². The lowest BCUT2D eigenvalue weighted by molar-refractivity contribution is 0.203. The number of nitrogens with zero attached hydrogens (tertiary/aromatic N) is 2. The zero-order valence-corrected chi connectivity index (χ0v) is 9.47. The largest absolute Gasteiger partial charge is 0.478 e. The number of hydrogen-bond donors (Lipinski definition) is 3. The quantitative estimate of drug-likeness (QED) is 0.631. The molecule has 6 heteroatoms. The lowest BCUT2D eigenvalue weighted by Gasteiger charge is -2.14. The topological polar surface area (TPSA) is 87.5 Å². The Bertz CT molecular complexity index is 329. The second-order valence-electron chi connectivity index (χ2n) is 3.31. The summed E-state index contributed by atoms with van der Waals surface area (Å²) in [5, 5.41) is 20.7. The molecule has 0 aliphatic heterocycles. The first-order valence-electron chi connectivity index (χ1n) is 5.16. The summed E-state index contributed by atoms with van der Waals surface area (Å²) >= 11 is 0. The monoisotopic (exact) mass is 227 g/mol. The number of rotatable bonds is 6. The van der Waals surface area contributed by atoms with Crippen LogP contribution in [0.4, 0.5) is 5.95 Å². The van der Waals surface area contributed by atoms with E-state index in [9.17, 15) is 0 Å². The van der Waals surface area contributed by atoms with Crippen LogP contribution in [0, 0.1) is 6.92 Å². The first-order valence-corrected chi connectivity index (χ1v) is 5.16. The fourth-order valence-electron chi connectivity index (χ4n) is 1.16. The molecular weight excluding hydrogens is 210 g/mol. The maximum absolute atomic E-state index is 8.92. The van der Waals surface area contributed by atoms with Crippen molar-refractivity contribution in [2.45, 2.75) is 19.9 Å². The van der Waals surface area contributed by atoms with Gasteiger partial charge in [0.15, 0.2) is 0 Å². The lowest BCUT2D eigenvalue weighted by Crippen LogP contribution is -2.28. The number of aromatic nitrogens is 2. The van der Waals surface area contributed by atoms with Gasteiger partial charge in [-0.05, 0) is 13.8 Å². The molecule has 0 bridgehead atoms. The van der Waals surface area contributed by atoms with Crippen LogP contribution in [0.5, 0.6) is 5.88 Å². The van der Waals surface area contributed by atoms with Crippen molar-refractivity contribution in [2.24, 2.45) is 0 Å². The average Bonchev–Trinajstić information content (AvgIpc) is 2.25. The molecule has 0 fully saturated rings. The second-order valence-corrected chi connectivity index (χ2v) is 3.31. The van der Waals surface area contributed by atoms with E-state index in [2.05, 4.69) is 15.3 Å². The number of anilines is 1. The summed E-state index contributed by atoms with van der Waals surface area (Å²) in [5.74, 6) is 0.823. The van der Waals surface area contributed by atoms with Gasteiger partial charge < -0.3 is 20.3 Å². The fraction of sp³-hybridized carbons (Fsp3) is 0.600. The Morgan fingerprint density at radius 2 is 2.06 bits per heavy atom. The van der Waals surface area contributed by atoms with Crippen molar-refractivity contribution >= 4 is 5.95 Å². The Hall–Kier alpha value is -1.40. The molecule has 6 nitrogen and oxygen atoms in total. The van der Waals surface area contributed by atoms with E-state index in [-0.39, 0.29) is 13.2 Å². The fourth-order valence-corrected chi connectivity index (χ4v) is 1.16. The summed E-state index contributed by atoms with van der Waals surface area (Å²) in [6.45, 7) is 3.85. The minimum absolute atomic E-state index is 0.183. The summed E-state index contributed by atoms with van der Waals surface area (Å²) in [4.78, 5) is 8.22. The van der Waals surface area contributed by atoms with Crippen molar-refractivity contribution in [3.05, 3.63) is 11.8 Å². The van der Waals surface area contributed by atoms with E-state index in [0.29, 0.717) is 18.4 Å². The predicted octanol–water partition coefficient (Wildman–Crippen LogP) is -0.0512. The van der Waals surface area contributed by atoms with Crippen LogP contribution in [-0.4, -0.2) is 46.0 Å². The van der Waals surface area contributed by atoms with Gasteiger partial charge in [0.1, 0.15) is 0 Å². The standard InChI is InChI=1S/C10H17N3O3/c1-3-16-9-4-7(2)11-10(13-9)12-8(5-14)6-15/h4,8,14-15H,3,5-6H2,1-2H3,(H,11,12,13). The summed E-state index contributed by atoms with van der Waals surface area (Å²) < 4.78 is 5.26. The SMILES string of the molecule is CCOc1cc(C)nc(NC(CO)CO)n1. The van der Waals surface area contributed by atoms with Crippen LogP contribution in [0.15, 0.2) is 6.07 Å². The van der Waals surface area contributed by atoms with Gasteiger partial charge in [0.2, 0.25) is 11.8 Å². The Kier molecular flexibility index (Phi) is 4.94. The molecule has 0 aliphatic rings. The van der Waals surface area contributed by atoms with Crippen LogP contribution >= 0.6 is 0 Å². The Balaban J connectivity index is 2.78. The highest BCUT2D eigenvalue weighted by atomic mass is 16.5. The molecule has 1 aromatic heterocycles. The molecule has 0 amide bonds. The van der Waals surface area contributed by atoms with Crippen LogP contribution in [0.2, 0.25) is 0 Å². The molecule has 0 aromatic carbocycles. The van der Waals surface area contributed by atoms with Crippen molar-refractivity contribution in [3.63, 3.8) is 0 Å². The highest BCUT2D eigenvalue weighted by molar-refractivity contribution is 5.31. The average molecular weight is 227 g/mol. The zero-order chi connectivity index (χ0) is 12.0. The van der Waals surface area contributed by atoms with Crippen molar-refractivity contribution < 1.29 is 14.9 Å². The Morgan fingerprint density at radius 3 is 2.62 bits per heavy atom. The smallest absolute Gasteiger partial charge is 0.226 e. The van der Waals surface area contributed by atoms with E-state index in [0.717, 1.165) is 5.69 Å². The molecule has 16 heavy (non-hydrogen) atoms. The van der Waals surface area contributed by atoms with E-state index in [4.69, 9.17) is 14.9 Å². The number of aryl methyl sites for hydroxylation is 1. The van der Waals surface area contributed by atoms with Crippen molar-refractivity contribution in [2.75, 3.05) is 25.1 Å². The molecule has 1 aromatic rings. The number of aliphatic hydroxyl groups excluding tert-OH is 2. The van der Waals surface area contributed by atoms with Crippen LogP contribution in [0.25, 0.3) is 0 Å². The van der Waals surface area contributed by atoms with Crippen molar-refractivity contribution in [1.29, 1.82) is 0 Å². The van der Waals surface area contributed by atoms with E-state index in [1.807, 2.05) is 13.8 Å². The van der Waals surface area contributed by atoms with Gasteiger partial charge in [-0.1, -0.05) is 0 Å². The summed E-state index contributed by atoms with van der Waals surface area (Å²) in [6.07, 6.45) is 0. The van der Waals surface area contributed by atoms with Gasteiger partial charge >= 0.3 is 0 Å². The molecule has 0 atom stereocenters. The minimum atomic E-state index is -0.462. The third kappa shape index (κ3) is 3.63. The summed E-state index contributed by atoms with van der Waals surface area (Å²) in [6, 6.07) is 1.26. The molecular formula is C10H17N3O3. The molecule has 0 saturated heterocycles. The minimum Gasteiger partial charge on any atom is -0.478 e. The summed E-state index contributed by atoms with van der Waals surface area (Å²) in [5.41, 5.74) is 0.760. The van der Waals surface area contributed by atoms with E-state index in [1.54, 1.807) is 6.07 Å². The van der Waals surface area contributed by atoms with Gasteiger partial charge in [-0.15, -0.1) is 0 Å². The lowest BCUT2D eigenvalue weighted by atomic mass is 10.3. The van der Waals surface area contributed by atoms with Gasteiger partial charge in [0.25, 0.3) is 0 Å². The Morgan fingerprint density at radius 1 is 1.38 bits per heavy atom. The third-order valence-corrected chi connectivity index (χ3v) is 1.90. The molecule has 1 heterocycles. The van der Waals surface area contributed by atoms with Crippen LogP contribution in [-0.2, 0) is 0 Å². The normalized spacial score (nSPS) is 10.6. The van der Waals surface area contributed by atoms with Crippen molar-refractivity contribution in [3.8, 4) is 5.88 Å². The maximum atomic E-state index is 8.92. The molecule has 0 aliphatic carbocycles. The van der Waals surface area contributed by atoms with Gasteiger partial charge in [-0.3, -0.25) is 0 Å². The first kappa shape index (κ1) is 12.7. The second kappa shape index (κ2) is 6.24. The Labute approximate surface area is 94.3 Å². The third-order valence-electron chi connectivity index (χ3n) is 1.90. The molecule has 0 radical (unpaired) electrons. The highest BCUT2D eigenvalue weighted by Gasteiger charge is 2.09. The first-order chi connectivity index (χ1) is 7.69. The number of hydrogen-bond acceptors (Lipinski definition) is 6. The van der Waals surface area contributed by atoms with Gasteiger partial charge in [0, 0.05) is 11.8 Å². The molecule has 0 saturated carbocycles. The number of ether oxygens (including phenoxy) is 1. The molecule has 3 N–H and O–H groups in total. The molecule has 90 valence electrons. The number of aliphatic hydroxyl groups is 2. The predicted molar refractivity (Wildman–Crippen MR) is 59.5 cm³/mol. The number of nitrogens with one attached hydrogen (secondary N) is 1. The van der Waals surface area contributed by atoms with E-state index < -0.39 is 6.04 Å². The molecule has 0 unspecified atom stereocenters. The highest BCUT2D eigenvalue weighted by Crippen LogP contribution is 2.12. The maximum Gasteiger partial charge on any atom is 0.226 e. The van der Waals surface area contributed by atoms with Crippen LogP contribution in [0.1, 0.15) is 12.6 Å². The molecule has 0 spiro atoms. The van der Waals surface area contributed by atoms with Gasteiger partial charge in [-0.25, -0.2) is 4.98 Å². The van der Waals surface area contributed by atoms with E-state index >= 15 is 0 Å². The molecule has 1 rings (SSSR count).